The molecule has 2 aromatic rings. The van der Waals surface area contributed by atoms with Gasteiger partial charge in [0, 0.05) is 24.1 Å². The Balaban J connectivity index is 2.12. The molecule has 5 heteroatoms. The van der Waals surface area contributed by atoms with Gasteiger partial charge in [-0.05, 0) is 36.8 Å². The van der Waals surface area contributed by atoms with Gasteiger partial charge in [-0.2, -0.15) is 0 Å². The minimum absolute atomic E-state index is 0.119. The van der Waals surface area contributed by atoms with Gasteiger partial charge in [-0.3, -0.25) is 9.78 Å². The number of pyridine rings is 1. The molecule has 1 amide bonds. The smallest absolute Gasteiger partial charge is 0.253 e. The van der Waals surface area contributed by atoms with Crippen LogP contribution in [-0.2, 0) is 0 Å². The average Bonchev–Trinajstić information content (AvgIpc) is 2.47. The zero-order chi connectivity index (χ0) is 14.5. The number of nitrogens with zero attached hydrogens (tertiary/aromatic N) is 1. The van der Waals surface area contributed by atoms with E-state index in [1.807, 2.05) is 19.1 Å². The number of carbonyl (C=O) groups excluding carboxylic acids is 1. The van der Waals surface area contributed by atoms with Crippen LogP contribution in [-0.4, -0.2) is 18.0 Å². The number of ether oxygens (including phenoxy) is 1. The van der Waals surface area contributed by atoms with Crippen LogP contribution in [0, 0.1) is 0 Å². The minimum atomic E-state index is -0.213. The van der Waals surface area contributed by atoms with E-state index < -0.39 is 0 Å². The molecule has 0 aliphatic carbocycles. The SMILES string of the molecule is COc1ccc(C(=O)NC(C)c2ccncc2)c(N)c1. The lowest BCUT2D eigenvalue weighted by molar-refractivity contribution is 0.0941. The molecule has 1 unspecified atom stereocenters. The van der Waals surface area contributed by atoms with E-state index in [0.717, 1.165) is 5.56 Å². The summed E-state index contributed by atoms with van der Waals surface area (Å²) < 4.78 is 5.06. The van der Waals surface area contributed by atoms with E-state index in [1.54, 1.807) is 37.7 Å². The molecule has 1 atom stereocenters. The van der Waals surface area contributed by atoms with Gasteiger partial charge >= 0.3 is 0 Å². The minimum Gasteiger partial charge on any atom is -0.497 e. The Morgan fingerprint density at radius 3 is 2.60 bits per heavy atom. The molecule has 5 nitrogen and oxygen atoms in total. The number of benzene rings is 1. The third-order valence-electron chi connectivity index (χ3n) is 3.06. The number of methoxy groups -OCH3 is 1. The molecule has 104 valence electrons. The van der Waals surface area contributed by atoms with Crippen LogP contribution in [0.5, 0.6) is 5.75 Å². The monoisotopic (exact) mass is 271 g/mol. The van der Waals surface area contributed by atoms with Crippen LogP contribution in [0.3, 0.4) is 0 Å². The molecule has 0 fully saturated rings. The fraction of sp³-hybridized carbons (Fsp3) is 0.200. The highest BCUT2D eigenvalue weighted by Crippen LogP contribution is 2.20. The lowest BCUT2D eigenvalue weighted by atomic mass is 10.1. The van der Waals surface area contributed by atoms with Gasteiger partial charge in [0.1, 0.15) is 5.75 Å². The molecule has 1 aromatic carbocycles. The number of rotatable bonds is 4. The van der Waals surface area contributed by atoms with Crippen molar-refractivity contribution in [2.45, 2.75) is 13.0 Å². The summed E-state index contributed by atoms with van der Waals surface area (Å²) in [6.45, 7) is 1.91. The number of anilines is 1. The zero-order valence-electron chi connectivity index (χ0n) is 11.5. The van der Waals surface area contributed by atoms with Gasteiger partial charge in [0.25, 0.3) is 5.91 Å². The Morgan fingerprint density at radius 1 is 1.30 bits per heavy atom. The normalized spacial score (nSPS) is 11.7. The molecule has 1 heterocycles. The van der Waals surface area contributed by atoms with E-state index in [4.69, 9.17) is 10.5 Å². The van der Waals surface area contributed by atoms with E-state index in [2.05, 4.69) is 10.3 Å². The van der Waals surface area contributed by atoms with Crippen LogP contribution in [0.2, 0.25) is 0 Å². The second kappa shape index (κ2) is 6.06. The summed E-state index contributed by atoms with van der Waals surface area (Å²) in [6.07, 6.45) is 3.39. The second-order valence-corrected chi connectivity index (χ2v) is 4.43. The maximum atomic E-state index is 12.2. The number of nitrogen functional groups attached to an aromatic ring is 1. The maximum Gasteiger partial charge on any atom is 0.253 e. The number of amides is 1. The summed E-state index contributed by atoms with van der Waals surface area (Å²) >= 11 is 0. The van der Waals surface area contributed by atoms with Gasteiger partial charge in [0.15, 0.2) is 0 Å². The van der Waals surface area contributed by atoms with Crippen LogP contribution < -0.4 is 15.8 Å². The quantitative estimate of drug-likeness (QED) is 0.835. The average molecular weight is 271 g/mol. The molecule has 0 bridgehead atoms. The van der Waals surface area contributed by atoms with Crippen molar-refractivity contribution in [3.8, 4) is 5.75 Å². The molecule has 3 N–H and O–H groups in total. The fourth-order valence-electron chi connectivity index (χ4n) is 1.88. The molecule has 1 aromatic heterocycles. The largest absolute Gasteiger partial charge is 0.497 e. The van der Waals surface area contributed by atoms with E-state index in [9.17, 15) is 4.79 Å². The standard InChI is InChI=1S/C15H17N3O2/c1-10(11-5-7-17-8-6-11)18-15(19)13-4-3-12(20-2)9-14(13)16/h3-10H,16H2,1-2H3,(H,18,19). The van der Waals surface area contributed by atoms with Crippen molar-refractivity contribution in [1.82, 2.24) is 10.3 Å². The van der Waals surface area contributed by atoms with Crippen molar-refractivity contribution in [3.05, 3.63) is 53.9 Å². The number of hydrogen-bond acceptors (Lipinski definition) is 4. The van der Waals surface area contributed by atoms with E-state index in [1.165, 1.54) is 0 Å². The van der Waals surface area contributed by atoms with E-state index in [-0.39, 0.29) is 11.9 Å². The lowest BCUT2D eigenvalue weighted by Gasteiger charge is -2.15. The first-order valence-corrected chi connectivity index (χ1v) is 6.26. The van der Waals surface area contributed by atoms with Gasteiger partial charge < -0.3 is 15.8 Å². The molecular formula is C15H17N3O2. The second-order valence-electron chi connectivity index (χ2n) is 4.43. The molecule has 0 aliphatic heterocycles. The van der Waals surface area contributed by atoms with Crippen molar-refractivity contribution in [2.75, 3.05) is 12.8 Å². The van der Waals surface area contributed by atoms with Crippen LogP contribution >= 0.6 is 0 Å². The maximum absolute atomic E-state index is 12.2. The van der Waals surface area contributed by atoms with Gasteiger partial charge in [-0.25, -0.2) is 0 Å². The van der Waals surface area contributed by atoms with Crippen LogP contribution in [0.1, 0.15) is 28.9 Å². The number of carbonyl (C=O) groups is 1. The van der Waals surface area contributed by atoms with Crippen LogP contribution in [0.25, 0.3) is 0 Å². The fourth-order valence-corrected chi connectivity index (χ4v) is 1.88. The first-order valence-electron chi connectivity index (χ1n) is 6.26. The molecule has 2 rings (SSSR count). The van der Waals surface area contributed by atoms with Gasteiger partial charge in [0.2, 0.25) is 0 Å². The van der Waals surface area contributed by atoms with Crippen molar-refractivity contribution in [3.63, 3.8) is 0 Å². The third-order valence-corrected chi connectivity index (χ3v) is 3.06. The molecule has 0 radical (unpaired) electrons. The van der Waals surface area contributed by atoms with Gasteiger partial charge in [-0.15, -0.1) is 0 Å². The third kappa shape index (κ3) is 3.06. The summed E-state index contributed by atoms with van der Waals surface area (Å²) in [5.41, 5.74) is 7.68. The van der Waals surface area contributed by atoms with E-state index in [0.29, 0.717) is 17.0 Å². The highest BCUT2D eigenvalue weighted by molar-refractivity contribution is 5.99. The topological polar surface area (TPSA) is 77.2 Å². The molecule has 20 heavy (non-hydrogen) atoms. The summed E-state index contributed by atoms with van der Waals surface area (Å²) in [7, 11) is 1.56. The predicted molar refractivity (Wildman–Crippen MR) is 77.5 cm³/mol. The summed E-state index contributed by atoms with van der Waals surface area (Å²) in [5.74, 6) is 0.413. The van der Waals surface area contributed by atoms with Gasteiger partial charge in [-0.1, -0.05) is 0 Å². The number of hydrogen-bond donors (Lipinski definition) is 2. The molecule has 0 aliphatic rings. The van der Waals surface area contributed by atoms with Crippen molar-refractivity contribution < 1.29 is 9.53 Å². The summed E-state index contributed by atoms with van der Waals surface area (Å²) in [6, 6.07) is 8.61. The van der Waals surface area contributed by atoms with Gasteiger partial charge in [0.05, 0.1) is 18.7 Å². The van der Waals surface area contributed by atoms with Crippen LogP contribution in [0.4, 0.5) is 5.69 Å². The Bertz CT molecular complexity index is 599. The Labute approximate surface area is 117 Å². The molecule has 0 saturated carbocycles. The molecule has 0 saturated heterocycles. The van der Waals surface area contributed by atoms with Crippen molar-refractivity contribution >= 4 is 11.6 Å². The van der Waals surface area contributed by atoms with Crippen LogP contribution in [0.15, 0.2) is 42.7 Å². The van der Waals surface area contributed by atoms with Crippen molar-refractivity contribution in [2.24, 2.45) is 0 Å². The molecular weight excluding hydrogens is 254 g/mol. The highest BCUT2D eigenvalue weighted by atomic mass is 16.5. The molecule has 0 spiro atoms. The summed E-state index contributed by atoms with van der Waals surface area (Å²) in [4.78, 5) is 16.2. The summed E-state index contributed by atoms with van der Waals surface area (Å²) in [5, 5.41) is 2.90. The number of nitrogens with two attached hydrogens (primary N) is 1. The number of aromatic nitrogens is 1. The number of nitrogens with one attached hydrogen (secondary N) is 1. The lowest BCUT2D eigenvalue weighted by Crippen LogP contribution is -2.27. The zero-order valence-corrected chi connectivity index (χ0v) is 11.5. The predicted octanol–water partition coefficient (Wildman–Crippen LogP) is 2.16. The first-order chi connectivity index (χ1) is 9.61. The van der Waals surface area contributed by atoms with Crippen molar-refractivity contribution in [1.29, 1.82) is 0 Å². The first kappa shape index (κ1) is 13.9. The Kier molecular flexibility index (Phi) is 4.20. The Hall–Kier alpha value is -2.56. The van der Waals surface area contributed by atoms with E-state index >= 15 is 0 Å². The Morgan fingerprint density at radius 2 is 2.00 bits per heavy atom. The highest BCUT2D eigenvalue weighted by Gasteiger charge is 2.14.